The van der Waals surface area contributed by atoms with Crippen molar-refractivity contribution >= 4 is 22.0 Å². The summed E-state index contributed by atoms with van der Waals surface area (Å²) in [5.41, 5.74) is 13.3. The molecule has 0 aliphatic carbocycles. The van der Waals surface area contributed by atoms with Gasteiger partial charge in [0.2, 0.25) is 0 Å². The van der Waals surface area contributed by atoms with E-state index in [9.17, 15) is 0 Å². The predicted molar refractivity (Wildman–Crippen MR) is 170 cm³/mol. The van der Waals surface area contributed by atoms with Gasteiger partial charge in [-0.05, 0) is 67.5 Å². The van der Waals surface area contributed by atoms with Gasteiger partial charge >= 0.3 is 0 Å². The molecule has 4 rings (SSSR count). The van der Waals surface area contributed by atoms with Crippen LogP contribution in [-0.4, -0.2) is 23.2 Å². The molecule has 1 aromatic heterocycles. The molecule has 3 nitrogen and oxygen atoms in total. The highest BCUT2D eigenvalue weighted by Crippen LogP contribution is 2.42. The van der Waals surface area contributed by atoms with Crippen LogP contribution >= 0.6 is 0 Å². The zero-order chi connectivity index (χ0) is 27.8. The molecule has 3 heteroatoms. The molecule has 1 N–H and O–H groups in total. The molecule has 0 radical (unpaired) electrons. The van der Waals surface area contributed by atoms with Gasteiger partial charge in [-0.1, -0.05) is 104 Å². The quantitative estimate of drug-likeness (QED) is 0.317. The zero-order valence-corrected chi connectivity index (χ0v) is 23.8. The lowest BCUT2D eigenvalue weighted by atomic mass is 9.84. The average Bonchev–Trinajstić information content (AvgIpc) is 3.23. The van der Waals surface area contributed by atoms with E-state index in [2.05, 4.69) is 134 Å². The Morgan fingerprint density at radius 1 is 1.05 bits per heavy atom. The second-order valence-corrected chi connectivity index (χ2v) is 10.1. The van der Waals surface area contributed by atoms with E-state index < -0.39 is 0 Å². The molecule has 3 aromatic rings. The Morgan fingerprint density at radius 3 is 2.54 bits per heavy atom. The van der Waals surface area contributed by atoms with E-state index in [1.165, 1.54) is 44.4 Å². The minimum Gasteiger partial charge on any atom is -0.338 e. The van der Waals surface area contributed by atoms with E-state index in [1.54, 1.807) is 0 Å². The third kappa shape index (κ3) is 6.16. The third-order valence-corrected chi connectivity index (χ3v) is 7.28. The van der Waals surface area contributed by atoms with Crippen molar-refractivity contribution in [2.24, 2.45) is 0 Å². The van der Waals surface area contributed by atoms with Crippen molar-refractivity contribution in [3.63, 3.8) is 0 Å². The molecular weight excluding hydrogens is 474 g/mol. The number of fused-ring (bicyclic) bond motifs is 1. The molecule has 2 aromatic carbocycles. The Labute approximate surface area is 234 Å². The summed E-state index contributed by atoms with van der Waals surface area (Å²) in [6, 6.07) is 19.7. The molecule has 1 aliphatic rings. The molecule has 2 heterocycles. The molecule has 200 valence electrons. The number of allylic oxidation sites excluding steroid dienone is 9. The Bertz CT molecular complexity index is 1470. The number of benzene rings is 2. The summed E-state index contributed by atoms with van der Waals surface area (Å²) in [5.74, 6) is 0. The van der Waals surface area contributed by atoms with Crippen molar-refractivity contribution in [1.82, 2.24) is 15.0 Å². The van der Waals surface area contributed by atoms with Gasteiger partial charge in [-0.3, -0.25) is 0 Å². The van der Waals surface area contributed by atoms with Gasteiger partial charge in [0.15, 0.2) is 0 Å². The number of hydrogen-bond donors (Lipinski definition) is 1. The van der Waals surface area contributed by atoms with Gasteiger partial charge in [-0.25, -0.2) is 5.01 Å². The summed E-state index contributed by atoms with van der Waals surface area (Å²) in [7, 11) is 2.10. The molecule has 0 saturated heterocycles. The summed E-state index contributed by atoms with van der Waals surface area (Å²) >= 11 is 0. The van der Waals surface area contributed by atoms with Gasteiger partial charge in [0, 0.05) is 48.0 Å². The van der Waals surface area contributed by atoms with Crippen LogP contribution in [0.2, 0.25) is 0 Å². The van der Waals surface area contributed by atoms with Gasteiger partial charge in [0.25, 0.3) is 0 Å². The average molecular weight is 516 g/mol. The van der Waals surface area contributed by atoms with Crippen LogP contribution in [0.5, 0.6) is 0 Å². The van der Waals surface area contributed by atoms with Crippen molar-refractivity contribution in [3.05, 3.63) is 144 Å². The van der Waals surface area contributed by atoms with Crippen molar-refractivity contribution in [1.29, 1.82) is 0 Å². The first kappa shape index (κ1) is 27.9. The first-order chi connectivity index (χ1) is 19.0. The summed E-state index contributed by atoms with van der Waals surface area (Å²) in [6.45, 7) is 15.9. The van der Waals surface area contributed by atoms with Crippen LogP contribution in [0.15, 0.2) is 128 Å². The van der Waals surface area contributed by atoms with Crippen LogP contribution in [0.4, 0.5) is 0 Å². The first-order valence-electron chi connectivity index (χ1n) is 13.8. The van der Waals surface area contributed by atoms with E-state index in [1.807, 2.05) is 18.4 Å². The fourth-order valence-electron chi connectivity index (χ4n) is 5.51. The highest BCUT2D eigenvalue weighted by Gasteiger charge is 2.25. The largest absolute Gasteiger partial charge is 0.338 e. The third-order valence-electron chi connectivity index (χ3n) is 7.28. The zero-order valence-electron chi connectivity index (χ0n) is 23.8. The lowest BCUT2D eigenvalue weighted by molar-refractivity contribution is 0.303. The molecule has 0 fully saturated rings. The van der Waals surface area contributed by atoms with Gasteiger partial charge in [-0.2, -0.15) is 0 Å². The normalized spacial score (nSPS) is 19.5. The number of nitrogens with zero attached hydrogens (tertiary/aromatic N) is 2. The lowest BCUT2D eigenvalue weighted by Crippen LogP contribution is -2.32. The number of hydrazine groups is 1. The summed E-state index contributed by atoms with van der Waals surface area (Å²) < 4.78 is 2.45. The van der Waals surface area contributed by atoms with Crippen LogP contribution in [0.1, 0.15) is 49.6 Å². The maximum atomic E-state index is 4.72. The van der Waals surface area contributed by atoms with Crippen molar-refractivity contribution < 1.29 is 0 Å². The first-order valence-corrected chi connectivity index (χ1v) is 13.8. The fraction of sp³-hybridized carbons (Fsp3) is 0.222. The molecule has 0 saturated carbocycles. The van der Waals surface area contributed by atoms with Crippen molar-refractivity contribution in [2.45, 2.75) is 39.7 Å². The standard InChI is InChI=1S/C36H41N3/c1-7-9-19-28(4)39-29(5)36(32-23-14-15-24-34(32)39)35-27(3)18-16-17-25-37-38(6)26-33(35)31(22-10-8-2)30-20-12-11-13-21-30/h7-15,17,19-25,28,37H,1,3,16,18,26H2,2,4-6H3/b10-8-,19-9-,25-17-,31-22+,35-33-. The van der Waals surface area contributed by atoms with E-state index in [0.29, 0.717) is 6.54 Å². The maximum Gasteiger partial charge on any atom is 0.0494 e. The van der Waals surface area contributed by atoms with Crippen molar-refractivity contribution in [3.8, 4) is 0 Å². The number of rotatable bonds is 7. The fourth-order valence-corrected chi connectivity index (χ4v) is 5.51. The number of aromatic nitrogens is 1. The van der Waals surface area contributed by atoms with Crippen molar-refractivity contribution in [2.75, 3.05) is 13.6 Å². The molecule has 0 bridgehead atoms. The lowest BCUT2D eigenvalue weighted by Gasteiger charge is -2.27. The van der Waals surface area contributed by atoms with Crippen LogP contribution in [-0.2, 0) is 0 Å². The van der Waals surface area contributed by atoms with Gasteiger partial charge in [0.05, 0.1) is 0 Å². The molecule has 39 heavy (non-hydrogen) atoms. The number of hydrogen-bond acceptors (Lipinski definition) is 2. The Balaban J connectivity index is 2.12. The van der Waals surface area contributed by atoms with Gasteiger partial charge in [-0.15, -0.1) is 0 Å². The summed E-state index contributed by atoms with van der Waals surface area (Å²) in [6.07, 6.45) is 18.6. The van der Waals surface area contributed by atoms with Crippen LogP contribution in [0.3, 0.4) is 0 Å². The summed E-state index contributed by atoms with van der Waals surface area (Å²) in [5, 5.41) is 3.41. The molecule has 0 amide bonds. The van der Waals surface area contributed by atoms with E-state index in [0.717, 1.165) is 18.4 Å². The minimum atomic E-state index is 0.179. The monoisotopic (exact) mass is 515 g/mol. The maximum absolute atomic E-state index is 4.72. The highest BCUT2D eigenvalue weighted by molar-refractivity contribution is 6.04. The Hall–Kier alpha value is -4.08. The van der Waals surface area contributed by atoms with E-state index in [-0.39, 0.29) is 6.04 Å². The summed E-state index contributed by atoms with van der Waals surface area (Å²) in [4.78, 5) is 0. The SMILES string of the molecule is C=C/C=C\C(C)n1c(C)c(\C2=C(/C(=C/C=C\C)c3ccccc3)CN(C)N/C=C\CCC2=C)c2ccccc21. The number of likely N-dealkylation sites (N-methyl/N-ethyl adjacent to an activating group) is 1. The van der Waals surface area contributed by atoms with Crippen LogP contribution < -0.4 is 5.43 Å². The number of para-hydroxylation sites is 1. The second kappa shape index (κ2) is 13.1. The highest BCUT2D eigenvalue weighted by atomic mass is 15.5. The van der Waals surface area contributed by atoms with Gasteiger partial charge in [0.1, 0.15) is 0 Å². The second-order valence-electron chi connectivity index (χ2n) is 10.1. The molecule has 0 spiro atoms. The predicted octanol–water partition coefficient (Wildman–Crippen LogP) is 8.97. The molecule has 1 aliphatic heterocycles. The van der Waals surface area contributed by atoms with Crippen LogP contribution in [0.25, 0.3) is 22.0 Å². The smallest absolute Gasteiger partial charge is 0.0494 e. The Morgan fingerprint density at radius 2 is 1.79 bits per heavy atom. The minimum absolute atomic E-state index is 0.179. The van der Waals surface area contributed by atoms with E-state index in [4.69, 9.17) is 6.58 Å². The Kier molecular flexibility index (Phi) is 9.40. The molecule has 1 atom stereocenters. The molecule has 1 unspecified atom stereocenters. The van der Waals surface area contributed by atoms with Crippen LogP contribution in [0, 0.1) is 6.92 Å². The van der Waals surface area contributed by atoms with Gasteiger partial charge < -0.3 is 9.99 Å². The molecular formula is C36H41N3. The number of nitrogens with one attached hydrogen (secondary N) is 1. The van der Waals surface area contributed by atoms with E-state index >= 15 is 0 Å². The topological polar surface area (TPSA) is 20.2 Å².